The molecule has 0 aliphatic heterocycles. The highest BCUT2D eigenvalue weighted by Gasteiger charge is 2.18. The zero-order valence-corrected chi connectivity index (χ0v) is 13.4. The summed E-state index contributed by atoms with van der Waals surface area (Å²) in [5.74, 6) is -1.11. The Bertz CT molecular complexity index is 523. The standard InChI is InChI=1S/C14H18Cl2N2O3/c1-3-18(9(2)6-14(20)21)8-13(19)17-10-4-5-11(15)12(16)7-10/h4-5,7,9H,3,6,8H2,1-2H3,(H,17,19)(H,20,21). The van der Waals surface area contributed by atoms with E-state index in [1.54, 1.807) is 30.0 Å². The van der Waals surface area contributed by atoms with E-state index in [9.17, 15) is 9.59 Å². The normalized spacial score (nSPS) is 12.2. The molecule has 1 aromatic carbocycles. The first-order valence-corrected chi connectivity index (χ1v) is 7.29. The Hall–Kier alpha value is -1.30. The van der Waals surface area contributed by atoms with Gasteiger partial charge in [0.05, 0.1) is 23.0 Å². The van der Waals surface area contributed by atoms with Gasteiger partial charge in [0.25, 0.3) is 0 Å². The van der Waals surface area contributed by atoms with Crippen molar-refractivity contribution < 1.29 is 14.7 Å². The van der Waals surface area contributed by atoms with Gasteiger partial charge in [0.15, 0.2) is 0 Å². The summed E-state index contributed by atoms with van der Waals surface area (Å²) in [5, 5.41) is 12.3. The number of hydrogen-bond donors (Lipinski definition) is 2. The summed E-state index contributed by atoms with van der Waals surface area (Å²) in [6.45, 7) is 4.36. The van der Waals surface area contributed by atoms with Crippen LogP contribution in [0.5, 0.6) is 0 Å². The van der Waals surface area contributed by atoms with E-state index in [0.29, 0.717) is 22.3 Å². The lowest BCUT2D eigenvalue weighted by atomic mass is 10.2. The molecule has 1 atom stereocenters. The molecule has 0 bridgehead atoms. The smallest absolute Gasteiger partial charge is 0.304 e. The molecule has 1 unspecified atom stereocenters. The van der Waals surface area contributed by atoms with E-state index >= 15 is 0 Å². The van der Waals surface area contributed by atoms with Crippen LogP contribution in [0.4, 0.5) is 5.69 Å². The molecular formula is C14H18Cl2N2O3. The SMILES string of the molecule is CCN(CC(=O)Nc1ccc(Cl)c(Cl)c1)C(C)CC(=O)O. The largest absolute Gasteiger partial charge is 0.481 e. The Morgan fingerprint density at radius 3 is 2.52 bits per heavy atom. The summed E-state index contributed by atoms with van der Waals surface area (Å²) < 4.78 is 0. The summed E-state index contributed by atoms with van der Waals surface area (Å²) in [6.07, 6.45) is -0.00606. The average molecular weight is 333 g/mol. The van der Waals surface area contributed by atoms with Crippen molar-refractivity contribution in [1.82, 2.24) is 4.90 Å². The fourth-order valence-electron chi connectivity index (χ4n) is 1.92. The third-order valence-electron chi connectivity index (χ3n) is 3.05. The average Bonchev–Trinajstić information content (AvgIpc) is 2.39. The minimum Gasteiger partial charge on any atom is -0.481 e. The number of carboxylic acids is 1. The summed E-state index contributed by atoms with van der Waals surface area (Å²) in [4.78, 5) is 24.5. The number of halogens is 2. The molecule has 21 heavy (non-hydrogen) atoms. The van der Waals surface area contributed by atoms with Crippen LogP contribution in [-0.4, -0.2) is 41.0 Å². The van der Waals surface area contributed by atoms with Crippen LogP contribution in [0, 0.1) is 0 Å². The first-order chi connectivity index (χ1) is 9.83. The molecule has 1 rings (SSSR count). The van der Waals surface area contributed by atoms with E-state index in [4.69, 9.17) is 28.3 Å². The molecule has 0 radical (unpaired) electrons. The van der Waals surface area contributed by atoms with Crippen molar-refractivity contribution in [2.45, 2.75) is 26.3 Å². The second kappa shape index (κ2) is 8.22. The molecule has 0 saturated heterocycles. The van der Waals surface area contributed by atoms with Crippen molar-refractivity contribution in [2.75, 3.05) is 18.4 Å². The molecule has 0 fully saturated rings. The number of nitrogens with one attached hydrogen (secondary N) is 1. The van der Waals surface area contributed by atoms with Gasteiger partial charge in [-0.05, 0) is 31.7 Å². The van der Waals surface area contributed by atoms with Crippen molar-refractivity contribution in [2.24, 2.45) is 0 Å². The number of benzene rings is 1. The van der Waals surface area contributed by atoms with Gasteiger partial charge in [-0.25, -0.2) is 0 Å². The maximum atomic E-state index is 12.0. The van der Waals surface area contributed by atoms with Crippen molar-refractivity contribution in [1.29, 1.82) is 0 Å². The molecule has 7 heteroatoms. The van der Waals surface area contributed by atoms with Crippen LogP contribution in [0.2, 0.25) is 10.0 Å². The summed E-state index contributed by atoms with van der Waals surface area (Å²) in [7, 11) is 0. The lowest BCUT2D eigenvalue weighted by Gasteiger charge is -2.25. The monoisotopic (exact) mass is 332 g/mol. The number of likely N-dealkylation sites (N-methyl/N-ethyl adjacent to an activating group) is 1. The number of hydrogen-bond acceptors (Lipinski definition) is 3. The molecule has 1 aromatic rings. The molecule has 2 N–H and O–H groups in total. The summed E-state index contributed by atoms with van der Waals surface area (Å²) in [5.41, 5.74) is 0.552. The maximum absolute atomic E-state index is 12.0. The van der Waals surface area contributed by atoms with Crippen LogP contribution in [0.1, 0.15) is 20.3 Å². The molecular weight excluding hydrogens is 315 g/mol. The van der Waals surface area contributed by atoms with Gasteiger partial charge in [0, 0.05) is 11.7 Å². The quantitative estimate of drug-likeness (QED) is 0.804. The zero-order chi connectivity index (χ0) is 16.0. The molecule has 0 saturated carbocycles. The maximum Gasteiger partial charge on any atom is 0.304 e. The highest BCUT2D eigenvalue weighted by atomic mass is 35.5. The lowest BCUT2D eigenvalue weighted by Crippen LogP contribution is -2.40. The minimum atomic E-state index is -0.883. The van der Waals surface area contributed by atoms with Crippen LogP contribution in [0.15, 0.2) is 18.2 Å². The van der Waals surface area contributed by atoms with E-state index in [2.05, 4.69) is 5.32 Å². The number of carboxylic acid groups (broad SMARTS) is 1. The first-order valence-electron chi connectivity index (χ1n) is 6.54. The minimum absolute atomic E-state index is 0.00606. The van der Waals surface area contributed by atoms with Gasteiger partial charge in [-0.15, -0.1) is 0 Å². The van der Waals surface area contributed by atoms with Crippen LogP contribution in [-0.2, 0) is 9.59 Å². The molecule has 1 amide bonds. The predicted octanol–water partition coefficient (Wildman–Crippen LogP) is 3.12. The van der Waals surface area contributed by atoms with Crippen molar-refractivity contribution >= 4 is 40.8 Å². The van der Waals surface area contributed by atoms with Crippen LogP contribution in [0.25, 0.3) is 0 Å². The van der Waals surface area contributed by atoms with Gasteiger partial charge in [-0.3, -0.25) is 14.5 Å². The van der Waals surface area contributed by atoms with E-state index in [0.717, 1.165) is 0 Å². The number of rotatable bonds is 7. The predicted molar refractivity (Wildman–Crippen MR) is 84.1 cm³/mol. The molecule has 5 nitrogen and oxygen atoms in total. The second-order valence-corrected chi connectivity index (χ2v) is 5.50. The van der Waals surface area contributed by atoms with Gasteiger partial charge in [-0.2, -0.15) is 0 Å². The van der Waals surface area contributed by atoms with Gasteiger partial charge >= 0.3 is 5.97 Å². The van der Waals surface area contributed by atoms with E-state index < -0.39 is 5.97 Å². The third-order valence-corrected chi connectivity index (χ3v) is 3.79. The van der Waals surface area contributed by atoms with Gasteiger partial charge < -0.3 is 10.4 Å². The fourth-order valence-corrected chi connectivity index (χ4v) is 2.22. The molecule has 0 aromatic heterocycles. The fraction of sp³-hybridized carbons (Fsp3) is 0.429. The number of carbonyl (C=O) groups is 2. The summed E-state index contributed by atoms with van der Waals surface area (Å²) >= 11 is 11.7. The van der Waals surface area contributed by atoms with Gasteiger partial charge in [0.2, 0.25) is 5.91 Å². The highest BCUT2D eigenvalue weighted by Crippen LogP contribution is 2.24. The Balaban J connectivity index is 2.62. The second-order valence-electron chi connectivity index (χ2n) is 4.69. The number of aliphatic carboxylic acids is 1. The topological polar surface area (TPSA) is 69.6 Å². The molecule has 0 aliphatic carbocycles. The van der Waals surface area contributed by atoms with Gasteiger partial charge in [-0.1, -0.05) is 30.1 Å². The van der Waals surface area contributed by atoms with Crippen LogP contribution in [0.3, 0.4) is 0 Å². The van der Waals surface area contributed by atoms with Crippen molar-refractivity contribution in [3.05, 3.63) is 28.2 Å². The van der Waals surface area contributed by atoms with E-state index in [-0.39, 0.29) is 24.9 Å². The van der Waals surface area contributed by atoms with E-state index in [1.807, 2.05) is 6.92 Å². The molecule has 0 heterocycles. The lowest BCUT2D eigenvalue weighted by molar-refractivity contribution is -0.138. The third kappa shape index (κ3) is 5.91. The number of amides is 1. The highest BCUT2D eigenvalue weighted by molar-refractivity contribution is 6.42. The number of nitrogens with zero attached hydrogens (tertiary/aromatic N) is 1. The van der Waals surface area contributed by atoms with E-state index in [1.165, 1.54) is 0 Å². The van der Waals surface area contributed by atoms with Crippen LogP contribution < -0.4 is 5.32 Å². The Labute approximate surface area is 133 Å². The van der Waals surface area contributed by atoms with Crippen LogP contribution >= 0.6 is 23.2 Å². The molecule has 116 valence electrons. The first kappa shape index (κ1) is 17.8. The Morgan fingerprint density at radius 1 is 1.33 bits per heavy atom. The Morgan fingerprint density at radius 2 is 2.00 bits per heavy atom. The molecule has 0 spiro atoms. The van der Waals surface area contributed by atoms with Crippen molar-refractivity contribution in [3.63, 3.8) is 0 Å². The number of carbonyl (C=O) groups excluding carboxylic acids is 1. The zero-order valence-electron chi connectivity index (χ0n) is 11.9. The van der Waals surface area contributed by atoms with Gasteiger partial charge in [0.1, 0.15) is 0 Å². The summed E-state index contributed by atoms with van der Waals surface area (Å²) in [6, 6.07) is 4.61. The molecule has 0 aliphatic rings. The Kier molecular flexibility index (Phi) is 6.95. The number of anilines is 1. The van der Waals surface area contributed by atoms with Crippen molar-refractivity contribution in [3.8, 4) is 0 Å².